The number of anilines is 1. The third kappa shape index (κ3) is 3.35. The average Bonchev–Trinajstić information content (AvgIpc) is 2.09. The molecule has 82 valence electrons. The van der Waals surface area contributed by atoms with Crippen LogP contribution < -0.4 is 5.32 Å². The van der Waals surface area contributed by atoms with Crippen molar-refractivity contribution >= 4 is 39.1 Å². The van der Waals surface area contributed by atoms with Gasteiger partial charge in [-0.2, -0.15) is 13.2 Å². The molecule has 15 heavy (non-hydrogen) atoms. The molecule has 1 heterocycles. The van der Waals surface area contributed by atoms with Gasteiger partial charge in [0.1, 0.15) is 0 Å². The molecule has 3 nitrogen and oxygen atoms in total. The number of carbonyl (C=O) groups excluding carboxylic acids is 1. The highest BCUT2D eigenvalue weighted by molar-refractivity contribution is 9.10. The maximum absolute atomic E-state index is 11.9. The van der Waals surface area contributed by atoms with Gasteiger partial charge in [-0.15, -0.1) is 0 Å². The Morgan fingerprint density at radius 3 is 2.67 bits per heavy atom. The fourth-order valence-corrected chi connectivity index (χ4v) is 1.19. The average molecular weight is 303 g/mol. The second-order valence-corrected chi connectivity index (χ2v) is 3.72. The first-order valence-electron chi connectivity index (χ1n) is 3.50. The number of pyridine rings is 1. The van der Waals surface area contributed by atoms with Gasteiger partial charge >= 0.3 is 12.1 Å². The number of nitrogens with one attached hydrogen (secondary N) is 1. The quantitative estimate of drug-likeness (QED) is 0.810. The molecule has 0 saturated heterocycles. The van der Waals surface area contributed by atoms with Gasteiger partial charge in [0, 0.05) is 10.7 Å². The molecule has 1 amide bonds. The van der Waals surface area contributed by atoms with Crippen LogP contribution in [0.5, 0.6) is 0 Å². The van der Waals surface area contributed by atoms with Gasteiger partial charge in [0.25, 0.3) is 0 Å². The summed E-state index contributed by atoms with van der Waals surface area (Å²) in [6.45, 7) is 0. The van der Waals surface area contributed by atoms with Crippen LogP contribution in [0.3, 0.4) is 0 Å². The van der Waals surface area contributed by atoms with E-state index in [9.17, 15) is 18.0 Å². The fraction of sp³-hybridized carbons (Fsp3) is 0.143. The summed E-state index contributed by atoms with van der Waals surface area (Å²) in [7, 11) is 0. The Morgan fingerprint density at radius 2 is 2.13 bits per heavy atom. The number of hydrogen-bond donors (Lipinski definition) is 1. The van der Waals surface area contributed by atoms with E-state index in [4.69, 9.17) is 11.6 Å². The Morgan fingerprint density at radius 1 is 1.53 bits per heavy atom. The van der Waals surface area contributed by atoms with Crippen LogP contribution in [0.1, 0.15) is 0 Å². The van der Waals surface area contributed by atoms with E-state index in [2.05, 4.69) is 20.9 Å². The number of nitrogens with zero attached hydrogens (tertiary/aromatic N) is 1. The van der Waals surface area contributed by atoms with Crippen LogP contribution in [0.25, 0.3) is 0 Å². The van der Waals surface area contributed by atoms with Crippen LogP contribution in [-0.2, 0) is 4.79 Å². The highest BCUT2D eigenvalue weighted by Gasteiger charge is 2.39. The summed E-state index contributed by atoms with van der Waals surface area (Å²) in [5.74, 6) is -2.09. The molecular weight excluding hydrogens is 300 g/mol. The number of hydrogen-bond acceptors (Lipinski definition) is 2. The van der Waals surface area contributed by atoms with Gasteiger partial charge in [-0.3, -0.25) is 4.79 Å². The molecule has 0 radical (unpaired) electrons. The molecule has 0 spiro atoms. The van der Waals surface area contributed by atoms with Crippen LogP contribution >= 0.6 is 27.5 Å². The topological polar surface area (TPSA) is 42.0 Å². The Balaban J connectivity index is 2.90. The summed E-state index contributed by atoms with van der Waals surface area (Å²) < 4.78 is 36.0. The lowest BCUT2D eigenvalue weighted by Gasteiger charge is -2.08. The molecule has 1 aromatic heterocycles. The van der Waals surface area contributed by atoms with Crippen LogP contribution in [0.15, 0.2) is 16.7 Å². The van der Waals surface area contributed by atoms with Crippen molar-refractivity contribution in [3.8, 4) is 0 Å². The van der Waals surface area contributed by atoms with Gasteiger partial charge in [0.15, 0.2) is 5.15 Å². The Labute approximate surface area is 95.8 Å². The fourth-order valence-electron chi connectivity index (χ4n) is 0.703. The summed E-state index contributed by atoms with van der Waals surface area (Å²) in [6, 6.07) is 1.22. The third-order valence-electron chi connectivity index (χ3n) is 1.31. The van der Waals surface area contributed by atoms with Crippen molar-refractivity contribution in [2.75, 3.05) is 5.32 Å². The van der Waals surface area contributed by atoms with E-state index in [0.29, 0.717) is 4.47 Å². The molecule has 0 unspecified atom stereocenters. The van der Waals surface area contributed by atoms with E-state index < -0.39 is 12.1 Å². The van der Waals surface area contributed by atoms with E-state index in [1.54, 1.807) is 5.32 Å². The van der Waals surface area contributed by atoms with Crippen molar-refractivity contribution in [1.82, 2.24) is 4.98 Å². The molecule has 1 rings (SSSR count). The Kier molecular flexibility index (Phi) is 3.56. The lowest BCUT2D eigenvalue weighted by molar-refractivity contribution is -0.167. The number of rotatable bonds is 1. The van der Waals surface area contributed by atoms with Gasteiger partial charge in [-0.05, 0) is 22.0 Å². The standard InChI is InChI=1S/C7H3BrClF3N2O/c8-3-1-4(5(9)13-2-3)14-6(15)7(10,11)12/h1-2H,(H,14,15). The van der Waals surface area contributed by atoms with E-state index in [1.165, 1.54) is 12.3 Å². The van der Waals surface area contributed by atoms with Crippen LogP contribution in [0.4, 0.5) is 18.9 Å². The van der Waals surface area contributed by atoms with Crippen molar-refractivity contribution in [3.63, 3.8) is 0 Å². The summed E-state index contributed by atoms with van der Waals surface area (Å²) in [5.41, 5.74) is -0.201. The molecule has 0 fully saturated rings. The lowest BCUT2D eigenvalue weighted by atomic mass is 10.4. The van der Waals surface area contributed by atoms with Crippen LogP contribution in [0.2, 0.25) is 5.15 Å². The lowest BCUT2D eigenvalue weighted by Crippen LogP contribution is -2.30. The summed E-state index contributed by atoms with van der Waals surface area (Å²) in [5, 5.41) is 1.39. The summed E-state index contributed by atoms with van der Waals surface area (Å²) >= 11 is 8.46. The number of carbonyl (C=O) groups is 1. The maximum Gasteiger partial charge on any atom is 0.471 e. The SMILES string of the molecule is O=C(Nc1cc(Br)cnc1Cl)C(F)(F)F. The zero-order chi connectivity index (χ0) is 11.6. The highest BCUT2D eigenvalue weighted by atomic mass is 79.9. The molecule has 8 heteroatoms. The minimum Gasteiger partial charge on any atom is -0.316 e. The number of amides is 1. The van der Waals surface area contributed by atoms with Gasteiger partial charge in [0.05, 0.1) is 5.69 Å². The maximum atomic E-state index is 11.9. The van der Waals surface area contributed by atoms with E-state index in [0.717, 1.165) is 0 Å². The molecule has 0 bridgehead atoms. The molecule has 0 aliphatic rings. The van der Waals surface area contributed by atoms with Crippen molar-refractivity contribution < 1.29 is 18.0 Å². The minimum absolute atomic E-state index is 0.201. The first-order valence-corrected chi connectivity index (χ1v) is 4.67. The Bertz CT molecular complexity index is 396. The van der Waals surface area contributed by atoms with Crippen molar-refractivity contribution in [2.45, 2.75) is 6.18 Å². The summed E-state index contributed by atoms with van der Waals surface area (Å²) in [4.78, 5) is 14.1. The van der Waals surface area contributed by atoms with Gasteiger partial charge in [0.2, 0.25) is 0 Å². The number of aromatic nitrogens is 1. The molecule has 1 N–H and O–H groups in total. The summed E-state index contributed by atoms with van der Waals surface area (Å²) in [6.07, 6.45) is -3.66. The first-order chi connectivity index (χ1) is 6.80. The monoisotopic (exact) mass is 302 g/mol. The second-order valence-electron chi connectivity index (χ2n) is 2.44. The zero-order valence-electron chi connectivity index (χ0n) is 6.90. The molecule has 0 aromatic carbocycles. The van der Waals surface area contributed by atoms with E-state index >= 15 is 0 Å². The third-order valence-corrected chi connectivity index (χ3v) is 2.05. The largest absolute Gasteiger partial charge is 0.471 e. The smallest absolute Gasteiger partial charge is 0.316 e. The molecule has 0 atom stereocenters. The highest BCUT2D eigenvalue weighted by Crippen LogP contribution is 2.25. The zero-order valence-corrected chi connectivity index (χ0v) is 9.24. The van der Waals surface area contributed by atoms with E-state index in [1.807, 2.05) is 0 Å². The van der Waals surface area contributed by atoms with Crippen LogP contribution in [0, 0.1) is 0 Å². The van der Waals surface area contributed by atoms with Gasteiger partial charge in [-0.25, -0.2) is 4.98 Å². The van der Waals surface area contributed by atoms with Crippen molar-refractivity contribution in [1.29, 1.82) is 0 Å². The number of halogens is 5. The van der Waals surface area contributed by atoms with Crippen LogP contribution in [-0.4, -0.2) is 17.1 Å². The van der Waals surface area contributed by atoms with Gasteiger partial charge < -0.3 is 5.32 Å². The molecule has 1 aromatic rings. The molecule has 0 aliphatic heterocycles. The normalized spacial score (nSPS) is 11.3. The second kappa shape index (κ2) is 4.36. The van der Waals surface area contributed by atoms with E-state index in [-0.39, 0.29) is 10.8 Å². The first kappa shape index (κ1) is 12.3. The predicted molar refractivity (Wildman–Crippen MR) is 51.6 cm³/mol. The van der Waals surface area contributed by atoms with Crippen molar-refractivity contribution in [3.05, 3.63) is 21.9 Å². The van der Waals surface area contributed by atoms with Gasteiger partial charge in [-0.1, -0.05) is 11.6 Å². The minimum atomic E-state index is -4.95. The predicted octanol–water partition coefficient (Wildman–Crippen LogP) is 3.00. The molecule has 0 aliphatic carbocycles. The Hall–Kier alpha value is -0.820. The molecular formula is C7H3BrClF3N2O. The number of alkyl halides is 3. The molecule has 0 saturated carbocycles. The van der Waals surface area contributed by atoms with Crippen molar-refractivity contribution in [2.24, 2.45) is 0 Å².